The van der Waals surface area contributed by atoms with Crippen molar-refractivity contribution < 1.29 is 14.0 Å². The van der Waals surface area contributed by atoms with Gasteiger partial charge in [0.1, 0.15) is 5.82 Å². The summed E-state index contributed by atoms with van der Waals surface area (Å²) < 4.78 is 12.7. The Labute approximate surface area is 124 Å². The van der Waals surface area contributed by atoms with Gasteiger partial charge in [0.2, 0.25) is 0 Å². The van der Waals surface area contributed by atoms with Crippen molar-refractivity contribution in [3.8, 4) is 0 Å². The Bertz CT molecular complexity index is 482. The molecule has 0 radical (unpaired) electrons. The molecule has 1 aromatic carbocycles. The van der Waals surface area contributed by atoms with Crippen LogP contribution in [0, 0.1) is 11.7 Å². The number of benzene rings is 1. The molecule has 0 bridgehead atoms. The lowest BCUT2D eigenvalue weighted by molar-refractivity contribution is -0.136. The zero-order chi connectivity index (χ0) is 15.1. The molecule has 0 atom stereocenters. The third kappa shape index (κ3) is 5.17. The molecule has 0 unspecified atom stereocenters. The van der Waals surface area contributed by atoms with Gasteiger partial charge < -0.3 is 10.6 Å². The number of halogens is 1. The molecule has 1 aliphatic rings. The van der Waals surface area contributed by atoms with Crippen LogP contribution in [0.1, 0.15) is 38.5 Å². The van der Waals surface area contributed by atoms with E-state index in [2.05, 4.69) is 10.6 Å². The second-order valence-electron chi connectivity index (χ2n) is 5.51. The van der Waals surface area contributed by atoms with Gasteiger partial charge in [-0.15, -0.1) is 0 Å². The summed E-state index contributed by atoms with van der Waals surface area (Å²) in [5, 5.41) is 5.08. The largest absolute Gasteiger partial charge is 0.348 e. The van der Waals surface area contributed by atoms with Gasteiger partial charge in [0.05, 0.1) is 0 Å². The average molecular weight is 292 g/mol. The Morgan fingerprint density at radius 1 is 1.05 bits per heavy atom. The van der Waals surface area contributed by atoms with E-state index < -0.39 is 11.8 Å². The number of nitrogens with one attached hydrogen (secondary N) is 2. The molecule has 114 valence electrons. The van der Waals surface area contributed by atoms with Crippen LogP contribution in [0.2, 0.25) is 0 Å². The first-order valence-electron chi connectivity index (χ1n) is 7.50. The van der Waals surface area contributed by atoms with Crippen molar-refractivity contribution in [2.75, 3.05) is 11.9 Å². The minimum atomic E-state index is -0.717. The van der Waals surface area contributed by atoms with E-state index in [0.29, 0.717) is 18.2 Å². The number of carbonyl (C=O) groups is 2. The van der Waals surface area contributed by atoms with Gasteiger partial charge in [-0.25, -0.2) is 4.39 Å². The maximum absolute atomic E-state index is 12.7. The Morgan fingerprint density at radius 3 is 2.38 bits per heavy atom. The van der Waals surface area contributed by atoms with Crippen molar-refractivity contribution in [3.63, 3.8) is 0 Å². The maximum Gasteiger partial charge on any atom is 0.313 e. The molecule has 1 fully saturated rings. The second kappa shape index (κ2) is 7.76. The number of rotatable bonds is 4. The van der Waals surface area contributed by atoms with E-state index in [9.17, 15) is 14.0 Å². The van der Waals surface area contributed by atoms with Crippen molar-refractivity contribution >= 4 is 17.5 Å². The molecule has 0 saturated heterocycles. The van der Waals surface area contributed by atoms with Crippen LogP contribution < -0.4 is 10.6 Å². The topological polar surface area (TPSA) is 58.2 Å². The van der Waals surface area contributed by atoms with E-state index in [1.54, 1.807) is 0 Å². The second-order valence-corrected chi connectivity index (χ2v) is 5.51. The highest BCUT2D eigenvalue weighted by molar-refractivity contribution is 6.39. The summed E-state index contributed by atoms with van der Waals surface area (Å²) in [6.45, 7) is 0.528. The van der Waals surface area contributed by atoms with E-state index in [1.165, 1.54) is 56.4 Å². The van der Waals surface area contributed by atoms with Gasteiger partial charge in [-0.05, 0) is 36.6 Å². The lowest BCUT2D eigenvalue weighted by atomic mass is 9.87. The van der Waals surface area contributed by atoms with Crippen molar-refractivity contribution in [1.82, 2.24) is 5.32 Å². The van der Waals surface area contributed by atoms with E-state index in [-0.39, 0.29) is 5.82 Å². The molecule has 1 aliphatic carbocycles. The van der Waals surface area contributed by atoms with E-state index in [1.807, 2.05) is 0 Å². The minimum absolute atomic E-state index is 0.384. The van der Waals surface area contributed by atoms with Crippen LogP contribution in [0.25, 0.3) is 0 Å². The van der Waals surface area contributed by atoms with Crippen molar-refractivity contribution in [1.29, 1.82) is 0 Å². The third-order valence-electron chi connectivity index (χ3n) is 3.87. The molecule has 2 rings (SSSR count). The van der Waals surface area contributed by atoms with Gasteiger partial charge >= 0.3 is 11.8 Å². The first-order chi connectivity index (χ1) is 10.1. The first kappa shape index (κ1) is 15.5. The fraction of sp³-hybridized carbons (Fsp3) is 0.500. The SMILES string of the molecule is O=C(NCCC1CCCCC1)C(=O)Nc1ccc(F)cc1. The molecule has 1 aromatic rings. The molecule has 2 N–H and O–H groups in total. The Balaban J connectivity index is 1.69. The highest BCUT2D eigenvalue weighted by Crippen LogP contribution is 2.25. The lowest BCUT2D eigenvalue weighted by Gasteiger charge is -2.21. The van der Waals surface area contributed by atoms with Gasteiger partial charge in [-0.3, -0.25) is 9.59 Å². The number of hydrogen-bond acceptors (Lipinski definition) is 2. The summed E-state index contributed by atoms with van der Waals surface area (Å²) in [7, 11) is 0. The summed E-state index contributed by atoms with van der Waals surface area (Å²) in [6.07, 6.45) is 7.21. The van der Waals surface area contributed by atoms with Crippen LogP contribution >= 0.6 is 0 Å². The first-order valence-corrected chi connectivity index (χ1v) is 7.50. The predicted molar refractivity (Wildman–Crippen MR) is 79.2 cm³/mol. The Morgan fingerprint density at radius 2 is 1.71 bits per heavy atom. The van der Waals surface area contributed by atoms with Gasteiger partial charge in [-0.1, -0.05) is 32.1 Å². The lowest BCUT2D eigenvalue weighted by Crippen LogP contribution is -2.36. The van der Waals surface area contributed by atoms with Crippen molar-refractivity contribution in [2.45, 2.75) is 38.5 Å². The third-order valence-corrected chi connectivity index (χ3v) is 3.87. The molecule has 5 heteroatoms. The van der Waals surface area contributed by atoms with Crippen LogP contribution in [0.4, 0.5) is 10.1 Å². The molecule has 2 amide bonds. The van der Waals surface area contributed by atoms with Gasteiger partial charge in [0.15, 0.2) is 0 Å². The van der Waals surface area contributed by atoms with Crippen LogP contribution in [-0.4, -0.2) is 18.4 Å². The molecule has 0 aromatic heterocycles. The molecule has 1 saturated carbocycles. The molecule has 0 spiro atoms. The van der Waals surface area contributed by atoms with Gasteiger partial charge in [0.25, 0.3) is 0 Å². The van der Waals surface area contributed by atoms with Gasteiger partial charge in [-0.2, -0.15) is 0 Å². The number of carbonyl (C=O) groups excluding carboxylic acids is 2. The fourth-order valence-electron chi connectivity index (χ4n) is 2.67. The summed E-state index contributed by atoms with van der Waals surface area (Å²) >= 11 is 0. The molecule has 4 nitrogen and oxygen atoms in total. The number of anilines is 1. The van der Waals surface area contributed by atoms with E-state index in [4.69, 9.17) is 0 Å². The monoisotopic (exact) mass is 292 g/mol. The Kier molecular flexibility index (Phi) is 5.72. The number of amides is 2. The van der Waals surface area contributed by atoms with Crippen LogP contribution in [0.15, 0.2) is 24.3 Å². The fourth-order valence-corrected chi connectivity index (χ4v) is 2.67. The van der Waals surface area contributed by atoms with E-state index >= 15 is 0 Å². The minimum Gasteiger partial charge on any atom is -0.348 e. The zero-order valence-electron chi connectivity index (χ0n) is 12.0. The average Bonchev–Trinajstić information content (AvgIpc) is 2.50. The maximum atomic E-state index is 12.7. The van der Waals surface area contributed by atoms with Crippen LogP contribution in [0.5, 0.6) is 0 Å². The molecular weight excluding hydrogens is 271 g/mol. The van der Waals surface area contributed by atoms with Crippen LogP contribution in [-0.2, 0) is 9.59 Å². The highest BCUT2D eigenvalue weighted by Gasteiger charge is 2.16. The normalized spacial score (nSPS) is 15.5. The highest BCUT2D eigenvalue weighted by atomic mass is 19.1. The Hall–Kier alpha value is -1.91. The zero-order valence-corrected chi connectivity index (χ0v) is 12.0. The summed E-state index contributed by atoms with van der Waals surface area (Å²) in [5.41, 5.74) is 0.406. The van der Waals surface area contributed by atoms with Gasteiger partial charge in [0, 0.05) is 12.2 Å². The van der Waals surface area contributed by atoms with E-state index in [0.717, 1.165) is 6.42 Å². The predicted octanol–water partition coefficient (Wildman–Crippen LogP) is 2.85. The quantitative estimate of drug-likeness (QED) is 0.838. The van der Waals surface area contributed by atoms with Crippen molar-refractivity contribution in [3.05, 3.63) is 30.1 Å². The summed E-state index contributed by atoms with van der Waals surface area (Å²) in [5.74, 6) is -1.08. The molecule has 21 heavy (non-hydrogen) atoms. The molecule has 0 aliphatic heterocycles. The van der Waals surface area contributed by atoms with Crippen LogP contribution in [0.3, 0.4) is 0 Å². The van der Waals surface area contributed by atoms with Crippen molar-refractivity contribution in [2.24, 2.45) is 5.92 Å². The molecule has 0 heterocycles. The smallest absolute Gasteiger partial charge is 0.313 e. The summed E-state index contributed by atoms with van der Waals surface area (Å²) in [4.78, 5) is 23.3. The number of hydrogen-bond donors (Lipinski definition) is 2. The summed E-state index contributed by atoms with van der Waals surface area (Å²) in [6, 6.07) is 5.30. The molecular formula is C16H21FN2O2. The standard InChI is InChI=1S/C16H21FN2O2/c17-13-6-8-14(9-7-13)19-16(21)15(20)18-11-10-12-4-2-1-3-5-12/h6-9,12H,1-5,10-11H2,(H,18,20)(H,19,21).